The minimum absolute atomic E-state index is 0.149. The van der Waals surface area contributed by atoms with Crippen LogP contribution in [-0.4, -0.2) is 45.8 Å². The van der Waals surface area contributed by atoms with Gasteiger partial charge >= 0.3 is 5.97 Å². The van der Waals surface area contributed by atoms with Gasteiger partial charge in [0.05, 0.1) is 23.6 Å². The van der Waals surface area contributed by atoms with E-state index < -0.39 is 5.97 Å². The number of pyridine rings is 1. The van der Waals surface area contributed by atoms with E-state index in [1.807, 2.05) is 12.1 Å². The number of halogens is 1. The third-order valence-electron chi connectivity index (χ3n) is 6.03. The quantitative estimate of drug-likeness (QED) is 0.371. The fraction of sp³-hybridized carbons (Fsp3) is 0.130. The summed E-state index contributed by atoms with van der Waals surface area (Å²) in [5.74, 6) is -0.301. The van der Waals surface area contributed by atoms with Gasteiger partial charge in [0.15, 0.2) is 0 Å². The molecule has 6 rings (SSSR count). The Morgan fingerprint density at radius 3 is 2.86 bits per heavy atom. The number of hydrogen-bond acceptors (Lipinski definition) is 7. The summed E-state index contributed by atoms with van der Waals surface area (Å²) in [5.41, 5.74) is 4.40. The minimum Gasteiger partial charge on any atom is -0.477 e. The second-order valence-electron chi connectivity index (χ2n) is 8.10. The van der Waals surface area contributed by atoms with Gasteiger partial charge in [-0.3, -0.25) is 4.79 Å². The Kier molecular flexibility index (Phi) is 5.08. The number of benzene rings is 1. The fourth-order valence-electron chi connectivity index (χ4n) is 4.46. The van der Waals surface area contributed by atoms with Crippen molar-refractivity contribution in [3.63, 3.8) is 0 Å². The summed E-state index contributed by atoms with van der Waals surface area (Å²) in [4.78, 5) is 32.5. The number of nitrogens with one attached hydrogen (secondary N) is 1. The third-order valence-corrected chi connectivity index (χ3v) is 7.18. The van der Waals surface area contributed by atoms with Gasteiger partial charge in [-0.25, -0.2) is 9.78 Å². The van der Waals surface area contributed by atoms with Gasteiger partial charge in [-0.15, -0.1) is 16.4 Å². The second-order valence-corrected chi connectivity index (χ2v) is 9.45. The molecule has 1 atom stereocenters. The summed E-state index contributed by atoms with van der Waals surface area (Å²) in [7, 11) is 0. The number of carbonyl (C=O) groups is 1. The molecule has 0 unspecified atom stereocenters. The normalized spacial score (nSPS) is 14.8. The highest BCUT2D eigenvalue weighted by Crippen LogP contribution is 2.34. The molecule has 0 saturated carbocycles. The maximum atomic E-state index is 13.3. The maximum Gasteiger partial charge on any atom is 0.345 e. The van der Waals surface area contributed by atoms with Gasteiger partial charge in [-0.05, 0) is 59.2 Å². The van der Waals surface area contributed by atoms with Crippen molar-refractivity contribution in [3.05, 3.63) is 86.1 Å². The van der Waals surface area contributed by atoms with Crippen molar-refractivity contribution in [2.24, 2.45) is 0 Å². The molecule has 0 aliphatic carbocycles. The van der Waals surface area contributed by atoms with Crippen LogP contribution in [0.15, 0.2) is 59.1 Å². The number of nitrogens with zero attached hydrogens (tertiary/aromatic N) is 6. The second kappa shape index (κ2) is 8.29. The molecule has 0 saturated heterocycles. The molecule has 5 aromatic rings. The Labute approximate surface area is 206 Å². The van der Waals surface area contributed by atoms with E-state index in [1.165, 1.54) is 11.0 Å². The number of fused-ring (bicyclic) bond motifs is 1. The van der Waals surface area contributed by atoms with E-state index in [4.69, 9.17) is 11.6 Å². The monoisotopic (exact) mass is 505 g/mol. The van der Waals surface area contributed by atoms with Crippen molar-refractivity contribution >= 4 is 28.9 Å². The highest BCUT2D eigenvalue weighted by Gasteiger charge is 2.28. The van der Waals surface area contributed by atoms with Gasteiger partial charge in [0, 0.05) is 33.3 Å². The van der Waals surface area contributed by atoms with E-state index >= 15 is 0 Å². The van der Waals surface area contributed by atoms with Gasteiger partial charge in [0.1, 0.15) is 17.0 Å². The molecular weight excluding hydrogens is 490 g/mol. The molecule has 0 spiro atoms. The van der Waals surface area contributed by atoms with E-state index in [1.54, 1.807) is 40.4 Å². The number of aromatic amines is 1. The summed E-state index contributed by atoms with van der Waals surface area (Å²) in [5, 5.41) is 22.9. The molecule has 0 fully saturated rings. The van der Waals surface area contributed by atoms with E-state index in [0.29, 0.717) is 35.1 Å². The van der Waals surface area contributed by atoms with Crippen molar-refractivity contribution in [2.75, 3.05) is 0 Å². The Hall–Kier alpha value is -4.09. The average molecular weight is 506 g/mol. The van der Waals surface area contributed by atoms with E-state index in [-0.39, 0.29) is 16.5 Å². The van der Waals surface area contributed by atoms with Crippen LogP contribution in [0.5, 0.6) is 0 Å². The van der Waals surface area contributed by atoms with Gasteiger partial charge in [0.25, 0.3) is 5.56 Å². The van der Waals surface area contributed by atoms with Crippen molar-refractivity contribution in [2.45, 2.75) is 18.9 Å². The number of aromatic nitrogens is 7. The first-order chi connectivity index (χ1) is 17.0. The number of carboxylic acid groups (broad SMARTS) is 1. The first-order valence-electron chi connectivity index (χ1n) is 10.6. The standard InChI is InChI=1S/C23H16ClN7O3S/c24-14-1-3-18(30-11-26-28-29-30)16(8-14)12-5-15-2-4-19(31(15)21(32)7-12)22-25-9-17(27-22)13-6-20(23(33)34)35-10-13/h1,3,5-11,19H,2,4H2,(H,25,27)(H,33,34)/t19-/m0/s1. The number of aryl methyl sites for hydroxylation is 1. The number of H-pyrrole nitrogens is 1. The first kappa shape index (κ1) is 21.4. The van der Waals surface area contributed by atoms with E-state index in [2.05, 4.69) is 25.5 Å². The third kappa shape index (κ3) is 3.74. The zero-order valence-electron chi connectivity index (χ0n) is 17.9. The van der Waals surface area contributed by atoms with E-state index in [0.717, 1.165) is 33.7 Å². The Morgan fingerprint density at radius 1 is 1.20 bits per heavy atom. The number of aromatic carboxylic acids is 1. The summed E-state index contributed by atoms with van der Waals surface area (Å²) in [6, 6.07) is 10.3. The van der Waals surface area contributed by atoms with Crippen molar-refractivity contribution in [1.82, 2.24) is 34.7 Å². The lowest BCUT2D eigenvalue weighted by molar-refractivity contribution is 0.0702. The molecule has 5 heterocycles. The smallest absolute Gasteiger partial charge is 0.345 e. The van der Waals surface area contributed by atoms with Crippen molar-refractivity contribution in [3.8, 4) is 28.1 Å². The zero-order chi connectivity index (χ0) is 24.1. The molecule has 12 heteroatoms. The Morgan fingerprint density at radius 2 is 2.09 bits per heavy atom. The summed E-state index contributed by atoms with van der Waals surface area (Å²) in [6.45, 7) is 0. The highest BCUT2D eigenvalue weighted by molar-refractivity contribution is 7.12. The topological polar surface area (TPSA) is 132 Å². The van der Waals surface area contributed by atoms with Crippen LogP contribution < -0.4 is 5.56 Å². The predicted molar refractivity (Wildman–Crippen MR) is 129 cm³/mol. The average Bonchev–Trinajstić information content (AvgIpc) is 3.64. The molecule has 10 nitrogen and oxygen atoms in total. The number of hydrogen-bond donors (Lipinski definition) is 2. The molecule has 0 radical (unpaired) electrons. The molecule has 0 amide bonds. The van der Waals surface area contributed by atoms with Gasteiger partial charge < -0.3 is 14.7 Å². The largest absolute Gasteiger partial charge is 0.477 e. The highest BCUT2D eigenvalue weighted by atomic mass is 35.5. The number of tetrazole rings is 1. The first-order valence-corrected chi connectivity index (χ1v) is 11.9. The minimum atomic E-state index is -0.962. The van der Waals surface area contributed by atoms with Crippen LogP contribution >= 0.6 is 22.9 Å². The van der Waals surface area contributed by atoms with Gasteiger partial charge in [-0.2, -0.15) is 4.68 Å². The van der Waals surface area contributed by atoms with Crippen LogP contribution in [0.25, 0.3) is 28.1 Å². The molecular formula is C23H16ClN7O3S. The lowest BCUT2D eigenvalue weighted by Crippen LogP contribution is -2.23. The Balaban J connectivity index is 1.37. The molecule has 1 aromatic carbocycles. The molecule has 174 valence electrons. The fourth-order valence-corrected chi connectivity index (χ4v) is 5.38. The van der Waals surface area contributed by atoms with Crippen LogP contribution in [-0.2, 0) is 6.42 Å². The summed E-state index contributed by atoms with van der Waals surface area (Å²) in [6.07, 6.45) is 4.58. The number of imidazole rings is 1. The molecule has 35 heavy (non-hydrogen) atoms. The number of thiophene rings is 1. The Bertz CT molecular complexity index is 1640. The molecule has 2 N–H and O–H groups in total. The van der Waals surface area contributed by atoms with Crippen molar-refractivity contribution < 1.29 is 9.90 Å². The molecule has 1 aliphatic heterocycles. The maximum absolute atomic E-state index is 13.3. The lowest BCUT2D eigenvalue weighted by atomic mass is 10.0. The van der Waals surface area contributed by atoms with Crippen LogP contribution in [0, 0.1) is 0 Å². The van der Waals surface area contributed by atoms with Crippen LogP contribution in [0.3, 0.4) is 0 Å². The molecule has 1 aliphatic rings. The zero-order valence-corrected chi connectivity index (χ0v) is 19.5. The summed E-state index contributed by atoms with van der Waals surface area (Å²) >= 11 is 7.43. The number of carboxylic acids is 1. The van der Waals surface area contributed by atoms with Crippen molar-refractivity contribution in [1.29, 1.82) is 0 Å². The SMILES string of the molecule is O=C(O)c1cc(-c2cnc([C@@H]3CCc4cc(-c5cc(Cl)ccc5-n5cnnn5)cc(=O)n43)[nH]2)cs1. The summed E-state index contributed by atoms with van der Waals surface area (Å²) < 4.78 is 3.29. The van der Waals surface area contributed by atoms with E-state index in [9.17, 15) is 14.7 Å². The molecule has 0 bridgehead atoms. The predicted octanol–water partition coefficient (Wildman–Crippen LogP) is 3.83. The van der Waals surface area contributed by atoms with Crippen LogP contribution in [0.4, 0.5) is 0 Å². The number of rotatable bonds is 5. The van der Waals surface area contributed by atoms with Crippen LogP contribution in [0.1, 0.15) is 33.7 Å². The van der Waals surface area contributed by atoms with Gasteiger partial charge in [-0.1, -0.05) is 11.6 Å². The van der Waals surface area contributed by atoms with Gasteiger partial charge in [0.2, 0.25) is 0 Å². The van der Waals surface area contributed by atoms with Crippen LogP contribution in [0.2, 0.25) is 5.02 Å². The molecule has 4 aromatic heterocycles. The lowest BCUT2D eigenvalue weighted by Gasteiger charge is -2.15.